The standard InChI is InChI=1S/C29H48O5/c1-24(2)34-27-21-17-19-25(18-13-9-5-3-7-11-15-22-28(30)31)26(27)20-14-10-6-4-8-12-16-23-29(32)33/h17,19,21,24H,3-16,18,20,22-23H2,1-2H3,(H,30,31)(H,32,33). The monoisotopic (exact) mass is 476 g/mol. The van der Waals surface area contributed by atoms with Gasteiger partial charge in [-0.2, -0.15) is 0 Å². The highest BCUT2D eigenvalue weighted by molar-refractivity contribution is 5.66. The quantitative estimate of drug-likeness (QED) is 0.166. The minimum absolute atomic E-state index is 0.168. The summed E-state index contributed by atoms with van der Waals surface area (Å²) in [6.45, 7) is 4.16. The number of benzene rings is 1. The van der Waals surface area contributed by atoms with Crippen LogP contribution in [0.3, 0.4) is 0 Å². The van der Waals surface area contributed by atoms with Gasteiger partial charge >= 0.3 is 11.9 Å². The van der Waals surface area contributed by atoms with Crippen molar-refractivity contribution in [3.05, 3.63) is 29.3 Å². The average Bonchev–Trinajstić information content (AvgIpc) is 2.77. The molecule has 34 heavy (non-hydrogen) atoms. The zero-order valence-corrected chi connectivity index (χ0v) is 21.7. The molecule has 0 atom stereocenters. The van der Waals surface area contributed by atoms with Crippen molar-refractivity contribution in [3.8, 4) is 5.75 Å². The molecule has 2 N–H and O–H groups in total. The van der Waals surface area contributed by atoms with Gasteiger partial charge in [-0.15, -0.1) is 0 Å². The van der Waals surface area contributed by atoms with Crippen molar-refractivity contribution in [2.75, 3.05) is 0 Å². The van der Waals surface area contributed by atoms with Gasteiger partial charge in [0.25, 0.3) is 0 Å². The molecule has 0 radical (unpaired) electrons. The van der Waals surface area contributed by atoms with Gasteiger partial charge < -0.3 is 14.9 Å². The Bertz CT molecular complexity index is 683. The third-order valence-electron chi connectivity index (χ3n) is 6.25. The molecule has 0 aliphatic carbocycles. The molecule has 1 aromatic rings. The van der Waals surface area contributed by atoms with Gasteiger partial charge in [0.1, 0.15) is 5.75 Å². The number of aliphatic carboxylic acids is 2. The SMILES string of the molecule is CC(C)Oc1cccc(CCCCCCCCCC(=O)O)c1CCCCCCCCCC(=O)O. The van der Waals surface area contributed by atoms with Crippen LogP contribution in [0.25, 0.3) is 0 Å². The van der Waals surface area contributed by atoms with Crippen LogP contribution in [0.15, 0.2) is 18.2 Å². The fourth-order valence-electron chi connectivity index (χ4n) is 4.43. The van der Waals surface area contributed by atoms with E-state index in [1.165, 1.54) is 56.1 Å². The Morgan fingerprint density at radius 2 is 1.12 bits per heavy atom. The molecule has 1 rings (SSSR count). The van der Waals surface area contributed by atoms with Crippen LogP contribution in [0, 0.1) is 0 Å². The number of carbonyl (C=O) groups is 2. The lowest BCUT2D eigenvalue weighted by Crippen LogP contribution is -2.09. The number of rotatable bonds is 22. The van der Waals surface area contributed by atoms with E-state index in [9.17, 15) is 9.59 Å². The number of carboxylic acids is 2. The Labute approximate surface area is 207 Å². The van der Waals surface area contributed by atoms with E-state index in [0.29, 0.717) is 12.8 Å². The third kappa shape index (κ3) is 15.7. The van der Waals surface area contributed by atoms with E-state index in [2.05, 4.69) is 32.0 Å². The summed E-state index contributed by atoms with van der Waals surface area (Å²) >= 11 is 0. The average molecular weight is 477 g/mol. The zero-order valence-electron chi connectivity index (χ0n) is 21.7. The molecule has 0 spiro atoms. The van der Waals surface area contributed by atoms with Gasteiger partial charge in [-0.25, -0.2) is 0 Å². The number of aryl methyl sites for hydroxylation is 1. The molecular formula is C29H48O5. The first-order valence-electron chi connectivity index (χ1n) is 13.6. The second kappa shape index (κ2) is 19.3. The number of unbranched alkanes of at least 4 members (excludes halogenated alkanes) is 12. The molecule has 194 valence electrons. The number of hydrogen-bond acceptors (Lipinski definition) is 3. The van der Waals surface area contributed by atoms with Crippen molar-refractivity contribution in [2.24, 2.45) is 0 Å². The fraction of sp³-hybridized carbons (Fsp3) is 0.724. The number of carboxylic acid groups (broad SMARTS) is 2. The van der Waals surface area contributed by atoms with E-state index in [0.717, 1.165) is 63.5 Å². The zero-order chi connectivity index (χ0) is 25.0. The number of ether oxygens (including phenoxy) is 1. The lowest BCUT2D eigenvalue weighted by molar-refractivity contribution is -0.138. The summed E-state index contributed by atoms with van der Waals surface area (Å²) in [4.78, 5) is 21.1. The Balaban J connectivity index is 2.36. The maximum atomic E-state index is 10.6. The molecule has 0 unspecified atom stereocenters. The number of hydrogen-bond donors (Lipinski definition) is 2. The second-order valence-corrected chi connectivity index (χ2v) is 9.80. The molecule has 0 saturated carbocycles. The second-order valence-electron chi connectivity index (χ2n) is 9.80. The Morgan fingerprint density at radius 1 is 0.676 bits per heavy atom. The normalized spacial score (nSPS) is 11.1. The van der Waals surface area contributed by atoms with Crippen LogP contribution in [-0.2, 0) is 22.4 Å². The maximum absolute atomic E-state index is 10.6. The predicted molar refractivity (Wildman–Crippen MR) is 139 cm³/mol. The summed E-state index contributed by atoms with van der Waals surface area (Å²) in [6.07, 6.45) is 18.4. The minimum Gasteiger partial charge on any atom is -0.491 e. The predicted octanol–water partition coefficient (Wildman–Crippen LogP) is 7.97. The van der Waals surface area contributed by atoms with Crippen LogP contribution in [0.1, 0.15) is 128 Å². The third-order valence-corrected chi connectivity index (χ3v) is 6.25. The van der Waals surface area contributed by atoms with E-state index >= 15 is 0 Å². The molecular weight excluding hydrogens is 428 g/mol. The molecule has 5 heteroatoms. The molecule has 0 aromatic heterocycles. The highest BCUT2D eigenvalue weighted by Gasteiger charge is 2.11. The lowest BCUT2D eigenvalue weighted by Gasteiger charge is -2.18. The van der Waals surface area contributed by atoms with E-state index in [1.54, 1.807) is 0 Å². The van der Waals surface area contributed by atoms with E-state index in [1.807, 2.05) is 0 Å². The first-order valence-corrected chi connectivity index (χ1v) is 13.6. The molecule has 0 saturated heterocycles. The topological polar surface area (TPSA) is 83.8 Å². The first kappa shape index (κ1) is 30.0. The lowest BCUT2D eigenvalue weighted by atomic mass is 9.95. The van der Waals surface area contributed by atoms with Gasteiger partial charge in [0.15, 0.2) is 0 Å². The smallest absolute Gasteiger partial charge is 0.303 e. The molecule has 0 amide bonds. The van der Waals surface area contributed by atoms with Crippen LogP contribution in [-0.4, -0.2) is 28.3 Å². The summed E-state index contributed by atoms with van der Waals surface area (Å²) in [5.41, 5.74) is 2.81. The highest BCUT2D eigenvalue weighted by Crippen LogP contribution is 2.27. The fourth-order valence-corrected chi connectivity index (χ4v) is 4.43. The van der Waals surface area contributed by atoms with Crippen molar-refractivity contribution in [2.45, 2.75) is 136 Å². The van der Waals surface area contributed by atoms with Crippen LogP contribution in [0.5, 0.6) is 5.75 Å². The maximum Gasteiger partial charge on any atom is 0.303 e. The summed E-state index contributed by atoms with van der Waals surface area (Å²) in [6, 6.07) is 6.49. The summed E-state index contributed by atoms with van der Waals surface area (Å²) in [5.74, 6) is -0.335. The molecule has 0 aliphatic heterocycles. The molecule has 0 fully saturated rings. The van der Waals surface area contributed by atoms with Crippen molar-refractivity contribution in [1.29, 1.82) is 0 Å². The van der Waals surface area contributed by atoms with Gasteiger partial charge in [-0.1, -0.05) is 76.3 Å². The van der Waals surface area contributed by atoms with E-state index in [-0.39, 0.29) is 6.10 Å². The van der Waals surface area contributed by atoms with Crippen molar-refractivity contribution < 1.29 is 24.5 Å². The first-order chi connectivity index (χ1) is 16.4. The van der Waals surface area contributed by atoms with Crippen molar-refractivity contribution >= 4 is 11.9 Å². The molecule has 5 nitrogen and oxygen atoms in total. The van der Waals surface area contributed by atoms with Crippen molar-refractivity contribution in [3.63, 3.8) is 0 Å². The molecule has 1 aromatic carbocycles. The van der Waals surface area contributed by atoms with Crippen LogP contribution in [0.2, 0.25) is 0 Å². The van der Waals surface area contributed by atoms with Crippen LogP contribution >= 0.6 is 0 Å². The summed E-state index contributed by atoms with van der Waals surface area (Å²) in [5, 5.41) is 17.4. The van der Waals surface area contributed by atoms with Gasteiger partial charge in [-0.3, -0.25) is 9.59 Å². The van der Waals surface area contributed by atoms with Crippen LogP contribution in [0.4, 0.5) is 0 Å². The molecule has 0 bridgehead atoms. The molecule has 0 heterocycles. The Morgan fingerprint density at radius 3 is 1.59 bits per heavy atom. The van der Waals surface area contributed by atoms with Gasteiger partial charge in [0.2, 0.25) is 0 Å². The Hall–Kier alpha value is -2.04. The molecule has 0 aliphatic rings. The van der Waals surface area contributed by atoms with Gasteiger partial charge in [0.05, 0.1) is 6.10 Å². The van der Waals surface area contributed by atoms with Gasteiger partial charge in [-0.05, 0) is 69.6 Å². The van der Waals surface area contributed by atoms with E-state index in [4.69, 9.17) is 14.9 Å². The highest BCUT2D eigenvalue weighted by atomic mass is 16.5. The largest absolute Gasteiger partial charge is 0.491 e. The Kier molecular flexibility index (Phi) is 17.0. The van der Waals surface area contributed by atoms with Crippen LogP contribution < -0.4 is 4.74 Å². The van der Waals surface area contributed by atoms with Gasteiger partial charge in [0, 0.05) is 12.8 Å². The summed E-state index contributed by atoms with van der Waals surface area (Å²) in [7, 11) is 0. The van der Waals surface area contributed by atoms with E-state index < -0.39 is 11.9 Å². The summed E-state index contributed by atoms with van der Waals surface area (Å²) < 4.78 is 6.14. The minimum atomic E-state index is -0.689. The van der Waals surface area contributed by atoms with Crippen molar-refractivity contribution in [1.82, 2.24) is 0 Å².